The minimum Gasteiger partial charge on any atom is -0.391 e. The highest BCUT2D eigenvalue weighted by atomic mass is 16.3. The lowest BCUT2D eigenvalue weighted by Gasteiger charge is -2.38. The van der Waals surface area contributed by atoms with Crippen molar-refractivity contribution < 1.29 is 62.6 Å². The molecule has 11 atom stereocenters. The highest BCUT2D eigenvalue weighted by molar-refractivity contribution is 6.00. The van der Waals surface area contributed by atoms with E-state index >= 15 is 43.2 Å². The fraction of sp³-hybridized carbons (Fsp3) is 0.846. The van der Waals surface area contributed by atoms with Gasteiger partial charge in [0.1, 0.15) is 60.4 Å². The SMILES string of the molecule is CC(C)C[C@@H]1NC(=O)[C@H](CC2CCCCC2)N(C)C(=O)C([C@@H](C)O)NC(=O)[C@H](CC2CCCCC2)N(C)C(=O)CN(C)C(=O)[C@H](CC2CCCCC2)NC(=O)[C@H](CC(C)C)N(C)C(=O)[C@H](CC(C)C)NC(=O)[C@H](CC2CCCCC2)N(C)C(=O)[C@H](C)N(C)C(=O)C[C@@H](C(=O)N2CCCCC2)NC1=O. The second-order valence-electron chi connectivity index (χ2n) is 33.2. The van der Waals surface area contributed by atoms with Gasteiger partial charge in [-0.3, -0.25) is 57.5 Å². The Bertz CT molecular complexity index is 2830. The number of rotatable bonds is 16. The molecule has 6 aliphatic rings. The van der Waals surface area contributed by atoms with Crippen LogP contribution < -0.4 is 26.6 Å². The van der Waals surface area contributed by atoms with Crippen LogP contribution in [0.15, 0.2) is 0 Å². The van der Waals surface area contributed by atoms with E-state index in [1.807, 2.05) is 41.5 Å². The van der Waals surface area contributed by atoms with E-state index in [0.29, 0.717) is 25.9 Å². The standard InChI is InChI=1S/C78H134N12O13/c1-49(2)40-58-69(94)80-61(77(102)90-38-28-19-29-39-90)47-66(92)85(10)52(7)74(99)87(12)64(45-56-34-24-17-25-35-56)72(97)81-59(41-50(3)4)76(101)88(13)62(42-51(5)6)70(95)82-60(43-54-30-20-15-21-31-54)75(100)84(9)48-67(93)86(11)63(44-55-32-22-16-23-33-55)73(98)83-68(53(8)91)78(103)89(14)65(71(96)79-58)46-57-36-26-18-27-37-57/h49-65,68,91H,15-48H2,1-14H3,(H,79,96)(H,80,94)(H,81,97)(H,82,95)(H,83,98)/t52-,53+,58-,59-,60-,61-,62-,63-,64-,65-,68?/m0/s1. The van der Waals surface area contributed by atoms with Gasteiger partial charge in [-0.15, -0.1) is 0 Å². The first-order chi connectivity index (χ1) is 48.8. The highest BCUT2D eigenvalue weighted by Gasteiger charge is 2.44. The Morgan fingerprint density at radius 1 is 0.388 bits per heavy atom. The number of piperidine rings is 1. The summed E-state index contributed by atoms with van der Waals surface area (Å²) >= 11 is 0. The lowest BCUT2D eigenvalue weighted by atomic mass is 9.84. The third kappa shape index (κ3) is 25.4. The van der Waals surface area contributed by atoms with E-state index in [-0.39, 0.29) is 86.4 Å². The zero-order chi connectivity index (χ0) is 75.9. The van der Waals surface area contributed by atoms with Gasteiger partial charge in [-0.05, 0) is 119 Å². The van der Waals surface area contributed by atoms with Crippen molar-refractivity contribution in [3.63, 3.8) is 0 Å². The van der Waals surface area contributed by atoms with E-state index in [9.17, 15) is 19.5 Å². The number of carbonyl (C=O) groups excluding carboxylic acids is 12. The lowest BCUT2D eigenvalue weighted by molar-refractivity contribution is -0.150. The quantitative estimate of drug-likeness (QED) is 0.0923. The van der Waals surface area contributed by atoms with Crippen LogP contribution in [0.4, 0.5) is 0 Å². The average Bonchev–Trinajstić information content (AvgIpc) is 0.823. The molecule has 0 aromatic heterocycles. The van der Waals surface area contributed by atoms with Crippen molar-refractivity contribution in [3.05, 3.63) is 0 Å². The molecule has 0 spiro atoms. The zero-order valence-corrected chi connectivity index (χ0v) is 65.4. The Labute approximate surface area is 616 Å². The number of carbonyl (C=O) groups is 12. The number of nitrogens with zero attached hydrogens (tertiary/aromatic N) is 7. The maximum atomic E-state index is 15.3. The summed E-state index contributed by atoms with van der Waals surface area (Å²) in [5, 5.41) is 26.4. The van der Waals surface area contributed by atoms with Gasteiger partial charge in [0, 0.05) is 55.4 Å². The summed E-state index contributed by atoms with van der Waals surface area (Å²) in [5.41, 5.74) is 0. The number of aliphatic hydroxyl groups is 1. The van der Waals surface area contributed by atoms with Crippen molar-refractivity contribution >= 4 is 70.9 Å². The van der Waals surface area contributed by atoms with Crippen molar-refractivity contribution in [1.29, 1.82) is 0 Å². The molecule has 25 nitrogen and oxygen atoms in total. The van der Waals surface area contributed by atoms with Gasteiger partial charge in [-0.2, -0.15) is 0 Å². The summed E-state index contributed by atoms with van der Waals surface area (Å²) < 4.78 is 0. The van der Waals surface area contributed by atoms with E-state index in [1.165, 1.54) is 85.5 Å². The van der Waals surface area contributed by atoms with E-state index in [2.05, 4.69) is 26.6 Å². The van der Waals surface area contributed by atoms with Crippen molar-refractivity contribution in [2.45, 2.75) is 321 Å². The molecule has 6 fully saturated rings. The topological polar surface area (TPSA) is 308 Å². The molecule has 0 aromatic rings. The minimum absolute atomic E-state index is 0.00863. The van der Waals surface area contributed by atoms with Crippen LogP contribution in [0.1, 0.15) is 254 Å². The van der Waals surface area contributed by atoms with E-state index in [4.69, 9.17) is 0 Å². The van der Waals surface area contributed by atoms with Gasteiger partial charge in [0.2, 0.25) is 70.9 Å². The maximum absolute atomic E-state index is 15.3. The third-order valence-corrected chi connectivity index (χ3v) is 23.4. The molecular formula is C78H134N12O13. The molecular weight excluding hydrogens is 1310 g/mol. The molecule has 584 valence electrons. The molecule has 0 bridgehead atoms. The summed E-state index contributed by atoms with van der Waals surface area (Å²) in [4.78, 5) is 191. The number of hydrogen-bond donors (Lipinski definition) is 6. The Hall–Kier alpha value is -6.40. The molecule has 2 heterocycles. The van der Waals surface area contributed by atoms with E-state index in [1.54, 1.807) is 4.90 Å². The monoisotopic (exact) mass is 1450 g/mol. The highest BCUT2D eigenvalue weighted by Crippen LogP contribution is 2.34. The Kier molecular flexibility index (Phi) is 34.5. The van der Waals surface area contributed by atoms with Gasteiger partial charge in [-0.25, -0.2) is 0 Å². The van der Waals surface area contributed by atoms with Crippen molar-refractivity contribution in [2.24, 2.45) is 41.4 Å². The molecule has 4 saturated carbocycles. The van der Waals surface area contributed by atoms with Crippen LogP contribution in [0.2, 0.25) is 0 Å². The summed E-state index contributed by atoms with van der Waals surface area (Å²) in [6, 6.07) is -12.5. The lowest BCUT2D eigenvalue weighted by Crippen LogP contribution is -2.62. The molecule has 12 amide bonds. The van der Waals surface area contributed by atoms with Crippen LogP contribution in [0.3, 0.4) is 0 Å². The Morgan fingerprint density at radius 3 is 1.22 bits per heavy atom. The Morgan fingerprint density at radius 2 is 0.767 bits per heavy atom. The molecule has 0 radical (unpaired) electrons. The van der Waals surface area contributed by atoms with Gasteiger partial charge in [0.25, 0.3) is 0 Å². The van der Waals surface area contributed by atoms with Crippen LogP contribution in [0.25, 0.3) is 0 Å². The summed E-state index contributed by atoms with van der Waals surface area (Å²) in [5.74, 6) is -7.91. The number of nitrogens with one attached hydrogen (secondary N) is 5. The van der Waals surface area contributed by atoms with Crippen LogP contribution in [0, 0.1) is 41.4 Å². The molecule has 6 N–H and O–H groups in total. The summed E-state index contributed by atoms with van der Waals surface area (Å²) in [6.07, 6.45) is 19.4. The minimum atomic E-state index is -1.62. The zero-order valence-electron chi connectivity index (χ0n) is 65.4. The normalized spacial score (nSPS) is 28.9. The number of likely N-dealkylation sites (N-methyl/N-ethyl adjacent to an activating group) is 6. The third-order valence-electron chi connectivity index (χ3n) is 23.4. The molecule has 2 saturated heterocycles. The first-order valence-corrected chi connectivity index (χ1v) is 39.8. The van der Waals surface area contributed by atoms with Gasteiger partial charge in [0.15, 0.2) is 0 Å². The van der Waals surface area contributed by atoms with Crippen LogP contribution >= 0.6 is 0 Å². The van der Waals surface area contributed by atoms with Gasteiger partial charge < -0.3 is 66.0 Å². The number of aliphatic hydroxyl groups excluding tert-OH is 1. The van der Waals surface area contributed by atoms with Crippen molar-refractivity contribution in [1.82, 2.24) is 60.9 Å². The predicted octanol–water partition coefficient (Wildman–Crippen LogP) is 6.84. The van der Waals surface area contributed by atoms with Crippen LogP contribution in [0.5, 0.6) is 0 Å². The smallest absolute Gasteiger partial charge is 0.248 e. The molecule has 2 aliphatic heterocycles. The molecule has 1 unspecified atom stereocenters. The van der Waals surface area contributed by atoms with Crippen LogP contribution in [-0.4, -0.2) is 239 Å². The fourth-order valence-corrected chi connectivity index (χ4v) is 16.8. The second kappa shape index (κ2) is 41.5. The van der Waals surface area contributed by atoms with E-state index < -0.39 is 150 Å². The van der Waals surface area contributed by atoms with Crippen molar-refractivity contribution in [2.75, 3.05) is 61.9 Å². The van der Waals surface area contributed by atoms with E-state index in [0.717, 1.165) is 135 Å². The second-order valence-corrected chi connectivity index (χ2v) is 33.2. The number of likely N-dealkylation sites (tertiary alicyclic amines) is 1. The molecule has 103 heavy (non-hydrogen) atoms. The van der Waals surface area contributed by atoms with Crippen molar-refractivity contribution in [3.8, 4) is 0 Å². The van der Waals surface area contributed by atoms with Gasteiger partial charge >= 0.3 is 0 Å². The number of amides is 12. The summed E-state index contributed by atoms with van der Waals surface area (Å²) in [7, 11) is 8.88. The summed E-state index contributed by atoms with van der Waals surface area (Å²) in [6.45, 7) is 14.6. The molecule has 0 aromatic carbocycles. The largest absolute Gasteiger partial charge is 0.391 e. The molecule has 25 heteroatoms. The first-order valence-electron chi connectivity index (χ1n) is 39.8. The predicted molar refractivity (Wildman–Crippen MR) is 396 cm³/mol. The van der Waals surface area contributed by atoms with Gasteiger partial charge in [-0.1, -0.05) is 170 Å². The average molecular weight is 1450 g/mol. The molecule has 4 aliphatic carbocycles. The van der Waals surface area contributed by atoms with Crippen LogP contribution in [-0.2, 0) is 57.5 Å². The first kappa shape index (κ1) is 85.5. The fourth-order valence-electron chi connectivity index (χ4n) is 16.8. The number of hydrogen-bond acceptors (Lipinski definition) is 13. The Balaban J connectivity index is 1.46. The van der Waals surface area contributed by atoms with Gasteiger partial charge in [0.05, 0.1) is 19.1 Å². The maximum Gasteiger partial charge on any atom is 0.248 e. The molecule has 6 rings (SSSR count).